The van der Waals surface area contributed by atoms with Crippen molar-refractivity contribution < 1.29 is 30.4 Å². The Morgan fingerprint density at radius 3 is 2.22 bits per heavy atom. The van der Waals surface area contributed by atoms with Crippen LogP contribution in [-0.2, 0) is 9.84 Å². The third-order valence-electron chi connectivity index (χ3n) is 1.95. The second-order valence-electron chi connectivity index (χ2n) is 3.37. The molecule has 1 unspecified atom stereocenters. The highest BCUT2D eigenvalue weighted by Crippen LogP contribution is 2.29. The molecule has 18 heavy (non-hydrogen) atoms. The van der Waals surface area contributed by atoms with Crippen molar-refractivity contribution in [3.8, 4) is 0 Å². The van der Waals surface area contributed by atoms with Crippen LogP contribution in [0.25, 0.3) is 0 Å². The predicted octanol–water partition coefficient (Wildman–Crippen LogP) is 3.06. The Kier molecular flexibility index (Phi) is 4.37. The number of rotatable bonds is 3. The zero-order valence-corrected chi connectivity index (χ0v) is 10.9. The van der Waals surface area contributed by atoms with Gasteiger partial charge in [-0.1, -0.05) is 15.9 Å². The number of benzene rings is 1. The minimum absolute atomic E-state index is 0.295. The van der Waals surface area contributed by atoms with Crippen molar-refractivity contribution >= 4 is 25.8 Å². The minimum Gasteiger partial charge on any atom is -0.224 e. The standard InChI is InChI=1S/C9H6BrF5O2S/c10-8(9(13,14)15)4-18(16,17)7-2-1-5(11)3-6(7)12/h1-3,8H,4H2. The summed E-state index contributed by atoms with van der Waals surface area (Å²) in [6, 6.07) is 1.55. The lowest BCUT2D eigenvalue weighted by molar-refractivity contribution is -0.123. The Balaban J connectivity index is 3.08. The summed E-state index contributed by atoms with van der Waals surface area (Å²) in [7, 11) is -4.50. The maximum Gasteiger partial charge on any atom is 0.402 e. The van der Waals surface area contributed by atoms with Crippen LogP contribution in [-0.4, -0.2) is 25.2 Å². The molecule has 0 radical (unpaired) electrons. The molecule has 0 saturated heterocycles. The average Bonchev–Trinajstić information content (AvgIpc) is 2.14. The normalized spacial score (nSPS) is 14.6. The van der Waals surface area contributed by atoms with E-state index in [0.29, 0.717) is 18.2 Å². The molecule has 1 rings (SSSR count). The average molecular weight is 353 g/mol. The zero-order chi connectivity index (χ0) is 14.1. The van der Waals surface area contributed by atoms with E-state index >= 15 is 0 Å². The SMILES string of the molecule is O=S(=O)(CC(Br)C(F)(F)F)c1ccc(F)cc1F. The fraction of sp³-hybridized carbons (Fsp3) is 0.333. The first-order valence-electron chi connectivity index (χ1n) is 4.42. The lowest BCUT2D eigenvalue weighted by Crippen LogP contribution is -2.30. The topological polar surface area (TPSA) is 34.1 Å². The van der Waals surface area contributed by atoms with Gasteiger partial charge in [0, 0.05) is 6.07 Å². The molecule has 1 atom stereocenters. The summed E-state index contributed by atoms with van der Waals surface area (Å²) in [5, 5.41) is 0. The van der Waals surface area contributed by atoms with Crippen molar-refractivity contribution in [2.75, 3.05) is 5.75 Å². The monoisotopic (exact) mass is 352 g/mol. The van der Waals surface area contributed by atoms with Crippen molar-refractivity contribution in [1.29, 1.82) is 0 Å². The molecular formula is C9H6BrF5O2S. The highest BCUT2D eigenvalue weighted by molar-refractivity contribution is 9.09. The molecule has 0 aliphatic rings. The lowest BCUT2D eigenvalue weighted by Gasteiger charge is -2.14. The van der Waals surface area contributed by atoms with Crippen LogP contribution >= 0.6 is 15.9 Å². The van der Waals surface area contributed by atoms with Crippen molar-refractivity contribution in [1.82, 2.24) is 0 Å². The summed E-state index contributed by atoms with van der Waals surface area (Å²) in [6.45, 7) is 0. The van der Waals surface area contributed by atoms with E-state index in [1.54, 1.807) is 0 Å². The van der Waals surface area contributed by atoms with Gasteiger partial charge in [-0.05, 0) is 12.1 Å². The largest absolute Gasteiger partial charge is 0.402 e. The summed E-state index contributed by atoms with van der Waals surface area (Å²) in [6.07, 6.45) is -4.77. The van der Waals surface area contributed by atoms with E-state index in [-0.39, 0.29) is 0 Å². The van der Waals surface area contributed by atoms with Crippen molar-refractivity contribution in [3.05, 3.63) is 29.8 Å². The van der Waals surface area contributed by atoms with Crippen LogP contribution in [0, 0.1) is 11.6 Å². The summed E-state index contributed by atoms with van der Waals surface area (Å²) in [5.74, 6) is -3.80. The van der Waals surface area contributed by atoms with E-state index in [9.17, 15) is 30.4 Å². The van der Waals surface area contributed by atoms with Gasteiger partial charge in [0.05, 0.1) is 5.75 Å². The van der Waals surface area contributed by atoms with Gasteiger partial charge in [-0.2, -0.15) is 13.2 Å². The van der Waals surface area contributed by atoms with Gasteiger partial charge in [0.15, 0.2) is 9.84 Å². The van der Waals surface area contributed by atoms with Crippen molar-refractivity contribution in [2.24, 2.45) is 0 Å². The summed E-state index contributed by atoms with van der Waals surface area (Å²) in [5.41, 5.74) is 0. The van der Waals surface area contributed by atoms with Crippen LogP contribution in [0.2, 0.25) is 0 Å². The van der Waals surface area contributed by atoms with Crippen LogP contribution < -0.4 is 0 Å². The van der Waals surface area contributed by atoms with Gasteiger partial charge in [0.25, 0.3) is 0 Å². The van der Waals surface area contributed by atoms with E-state index in [1.165, 1.54) is 0 Å². The molecule has 1 aromatic carbocycles. The van der Waals surface area contributed by atoms with Crippen LogP contribution in [0.1, 0.15) is 0 Å². The number of halogens is 6. The van der Waals surface area contributed by atoms with Gasteiger partial charge in [0.2, 0.25) is 0 Å². The number of alkyl halides is 4. The zero-order valence-electron chi connectivity index (χ0n) is 8.51. The quantitative estimate of drug-likeness (QED) is 0.476. The first-order valence-corrected chi connectivity index (χ1v) is 6.99. The fourth-order valence-corrected chi connectivity index (χ4v) is 3.53. The molecule has 0 spiro atoms. The molecule has 0 bridgehead atoms. The number of sulfone groups is 1. The molecule has 102 valence electrons. The number of hydrogen-bond donors (Lipinski definition) is 0. The van der Waals surface area contributed by atoms with Gasteiger partial charge in [-0.15, -0.1) is 0 Å². The summed E-state index contributed by atoms with van der Waals surface area (Å²) < 4.78 is 85.4. The Hall–Kier alpha value is -0.700. The second-order valence-corrected chi connectivity index (χ2v) is 6.47. The third-order valence-corrected chi connectivity index (χ3v) is 4.99. The lowest BCUT2D eigenvalue weighted by atomic mass is 10.3. The molecular weight excluding hydrogens is 347 g/mol. The molecule has 0 aliphatic heterocycles. The minimum atomic E-state index is -4.77. The molecule has 0 N–H and O–H groups in total. The number of hydrogen-bond acceptors (Lipinski definition) is 2. The Morgan fingerprint density at radius 2 is 1.78 bits per heavy atom. The first-order chi connectivity index (χ1) is 8.04. The van der Waals surface area contributed by atoms with Crippen LogP contribution in [0.5, 0.6) is 0 Å². The maximum absolute atomic E-state index is 13.2. The smallest absolute Gasteiger partial charge is 0.224 e. The van der Waals surface area contributed by atoms with Gasteiger partial charge in [-0.25, -0.2) is 17.2 Å². The van der Waals surface area contributed by atoms with Gasteiger partial charge >= 0.3 is 6.18 Å². The third kappa shape index (κ3) is 3.64. The summed E-state index contributed by atoms with van der Waals surface area (Å²) >= 11 is 2.17. The molecule has 0 amide bonds. The van der Waals surface area contributed by atoms with Gasteiger partial charge < -0.3 is 0 Å². The Bertz CT molecular complexity index is 540. The molecule has 0 saturated carbocycles. The Morgan fingerprint density at radius 1 is 1.22 bits per heavy atom. The van der Waals surface area contributed by atoms with Crippen molar-refractivity contribution in [3.63, 3.8) is 0 Å². The molecule has 1 aromatic rings. The van der Waals surface area contributed by atoms with Crippen LogP contribution in [0.15, 0.2) is 23.1 Å². The van der Waals surface area contributed by atoms with E-state index in [1.807, 2.05) is 0 Å². The maximum atomic E-state index is 13.2. The predicted molar refractivity (Wildman–Crippen MR) is 57.2 cm³/mol. The van der Waals surface area contributed by atoms with E-state index in [0.717, 1.165) is 0 Å². The highest BCUT2D eigenvalue weighted by atomic mass is 79.9. The first kappa shape index (κ1) is 15.4. The molecule has 0 aromatic heterocycles. The van der Waals surface area contributed by atoms with Crippen molar-refractivity contribution in [2.45, 2.75) is 15.9 Å². The highest BCUT2D eigenvalue weighted by Gasteiger charge is 2.41. The fourth-order valence-electron chi connectivity index (χ4n) is 1.10. The molecule has 2 nitrogen and oxygen atoms in total. The van der Waals surface area contributed by atoms with Gasteiger partial charge in [0.1, 0.15) is 21.4 Å². The van der Waals surface area contributed by atoms with E-state index in [4.69, 9.17) is 0 Å². The van der Waals surface area contributed by atoms with E-state index in [2.05, 4.69) is 15.9 Å². The molecule has 0 aliphatic carbocycles. The van der Waals surface area contributed by atoms with Gasteiger partial charge in [-0.3, -0.25) is 0 Å². The second kappa shape index (κ2) is 5.12. The molecule has 9 heteroatoms. The van der Waals surface area contributed by atoms with Crippen LogP contribution in [0.3, 0.4) is 0 Å². The molecule has 0 heterocycles. The summed E-state index contributed by atoms with van der Waals surface area (Å²) in [4.78, 5) is -3.28. The Labute approximate surface area is 108 Å². The van der Waals surface area contributed by atoms with E-state index < -0.39 is 43.1 Å². The van der Waals surface area contributed by atoms with Crippen LogP contribution in [0.4, 0.5) is 22.0 Å². The molecule has 0 fully saturated rings.